The van der Waals surface area contributed by atoms with E-state index in [4.69, 9.17) is 9.84 Å². The first-order valence-electron chi connectivity index (χ1n) is 6.46. The molecule has 6 nitrogen and oxygen atoms in total. The summed E-state index contributed by atoms with van der Waals surface area (Å²) in [6.07, 6.45) is 1.27. The van der Waals surface area contributed by atoms with Gasteiger partial charge in [0.1, 0.15) is 0 Å². The minimum Gasteiger partial charge on any atom is -0.481 e. The lowest BCUT2D eigenvalue weighted by molar-refractivity contribution is -0.136. The third-order valence-electron chi connectivity index (χ3n) is 2.62. The van der Waals surface area contributed by atoms with Crippen molar-refractivity contribution in [2.45, 2.75) is 19.3 Å². The van der Waals surface area contributed by atoms with Crippen molar-refractivity contribution in [2.24, 2.45) is 0 Å². The largest absolute Gasteiger partial charge is 0.481 e. The fraction of sp³-hybridized carbons (Fsp3) is 0.429. The first kappa shape index (κ1) is 16.0. The summed E-state index contributed by atoms with van der Waals surface area (Å²) in [7, 11) is 1.61. The molecule has 20 heavy (non-hydrogen) atoms. The number of carboxylic acids is 1. The number of carbonyl (C=O) groups is 2. The third-order valence-corrected chi connectivity index (χ3v) is 2.62. The minimum absolute atomic E-state index is 0.0761. The van der Waals surface area contributed by atoms with E-state index in [1.807, 2.05) is 6.07 Å². The molecule has 0 aromatic heterocycles. The summed E-state index contributed by atoms with van der Waals surface area (Å²) in [6.45, 7) is 1.14. The van der Waals surface area contributed by atoms with Gasteiger partial charge >= 0.3 is 12.0 Å². The van der Waals surface area contributed by atoms with Gasteiger partial charge in [-0.25, -0.2) is 4.79 Å². The third kappa shape index (κ3) is 6.75. The number of amides is 2. The summed E-state index contributed by atoms with van der Waals surface area (Å²) >= 11 is 0. The zero-order valence-electron chi connectivity index (χ0n) is 11.5. The second-order valence-corrected chi connectivity index (χ2v) is 4.32. The summed E-state index contributed by atoms with van der Waals surface area (Å²) in [4.78, 5) is 22.1. The number of anilines is 1. The predicted octanol–water partition coefficient (Wildman–Crippen LogP) is 1.86. The first-order valence-corrected chi connectivity index (χ1v) is 6.46. The van der Waals surface area contributed by atoms with E-state index in [9.17, 15) is 9.59 Å². The lowest BCUT2D eigenvalue weighted by Crippen LogP contribution is -2.30. The van der Waals surface area contributed by atoms with Crippen LogP contribution in [-0.2, 0) is 16.0 Å². The first-order chi connectivity index (χ1) is 9.61. The number of hydrogen-bond donors (Lipinski definition) is 3. The van der Waals surface area contributed by atoms with Crippen molar-refractivity contribution < 1.29 is 19.4 Å². The molecular weight excluding hydrogens is 260 g/mol. The lowest BCUT2D eigenvalue weighted by Gasteiger charge is -2.08. The van der Waals surface area contributed by atoms with Gasteiger partial charge in [-0.15, -0.1) is 0 Å². The molecule has 1 aromatic rings. The average Bonchev–Trinajstić information content (AvgIpc) is 2.42. The van der Waals surface area contributed by atoms with Crippen LogP contribution in [0.15, 0.2) is 24.3 Å². The van der Waals surface area contributed by atoms with E-state index in [1.54, 1.807) is 25.3 Å². The Morgan fingerprint density at radius 1 is 1.35 bits per heavy atom. The minimum atomic E-state index is -0.834. The molecule has 0 atom stereocenters. The normalized spacial score (nSPS) is 10.1. The molecule has 6 heteroatoms. The molecule has 0 aliphatic heterocycles. The molecule has 0 saturated heterocycles. The van der Waals surface area contributed by atoms with Gasteiger partial charge in [0.2, 0.25) is 0 Å². The highest BCUT2D eigenvalue weighted by molar-refractivity contribution is 5.89. The Kier molecular flexibility index (Phi) is 7.13. The zero-order chi connectivity index (χ0) is 14.8. The van der Waals surface area contributed by atoms with Crippen molar-refractivity contribution in [3.05, 3.63) is 29.8 Å². The highest BCUT2D eigenvalue weighted by atomic mass is 16.5. The zero-order valence-corrected chi connectivity index (χ0v) is 11.5. The molecule has 1 aromatic carbocycles. The van der Waals surface area contributed by atoms with Gasteiger partial charge in [0.05, 0.1) is 0 Å². The number of urea groups is 1. The molecule has 0 heterocycles. The molecule has 0 fully saturated rings. The fourth-order valence-corrected chi connectivity index (χ4v) is 1.65. The maximum absolute atomic E-state index is 11.6. The molecule has 0 radical (unpaired) electrons. The van der Waals surface area contributed by atoms with Crippen LogP contribution in [0.25, 0.3) is 0 Å². The molecule has 0 aliphatic carbocycles. The lowest BCUT2D eigenvalue weighted by atomic mass is 10.1. The number of ether oxygens (including phenoxy) is 1. The van der Waals surface area contributed by atoms with Crippen LogP contribution in [0.1, 0.15) is 18.4 Å². The highest BCUT2D eigenvalue weighted by Gasteiger charge is 2.03. The van der Waals surface area contributed by atoms with Gasteiger partial charge in [-0.3, -0.25) is 4.79 Å². The number of rotatable bonds is 8. The van der Waals surface area contributed by atoms with Crippen molar-refractivity contribution in [3.8, 4) is 0 Å². The summed E-state index contributed by atoms with van der Waals surface area (Å²) in [5.41, 5.74) is 1.53. The Morgan fingerprint density at radius 2 is 2.15 bits per heavy atom. The molecule has 0 spiro atoms. The number of hydrogen-bond acceptors (Lipinski definition) is 3. The van der Waals surface area contributed by atoms with E-state index >= 15 is 0 Å². The van der Waals surface area contributed by atoms with Crippen molar-refractivity contribution in [1.82, 2.24) is 5.32 Å². The second-order valence-electron chi connectivity index (χ2n) is 4.32. The van der Waals surface area contributed by atoms with Crippen LogP contribution in [0.5, 0.6) is 0 Å². The Balaban J connectivity index is 2.40. The average molecular weight is 280 g/mol. The predicted molar refractivity (Wildman–Crippen MR) is 75.9 cm³/mol. The van der Waals surface area contributed by atoms with Crippen LogP contribution in [-0.4, -0.2) is 37.4 Å². The number of methoxy groups -OCH3 is 1. The maximum Gasteiger partial charge on any atom is 0.319 e. The van der Waals surface area contributed by atoms with Gasteiger partial charge in [0, 0.05) is 32.4 Å². The highest BCUT2D eigenvalue weighted by Crippen LogP contribution is 2.12. The number of benzene rings is 1. The fourth-order valence-electron chi connectivity index (χ4n) is 1.65. The Labute approximate surface area is 118 Å². The van der Waals surface area contributed by atoms with Gasteiger partial charge in [0.15, 0.2) is 0 Å². The monoisotopic (exact) mass is 280 g/mol. The van der Waals surface area contributed by atoms with Crippen LogP contribution < -0.4 is 10.6 Å². The molecule has 0 unspecified atom stereocenters. The summed E-state index contributed by atoms with van der Waals surface area (Å²) in [5.74, 6) is -0.834. The molecule has 110 valence electrons. The number of aliphatic carboxylic acids is 1. The van der Waals surface area contributed by atoms with E-state index in [1.165, 1.54) is 0 Å². The van der Waals surface area contributed by atoms with Crippen LogP contribution in [0.4, 0.5) is 10.5 Å². The van der Waals surface area contributed by atoms with Crippen LogP contribution in [0.3, 0.4) is 0 Å². The van der Waals surface area contributed by atoms with Gasteiger partial charge in [0.25, 0.3) is 0 Å². The topological polar surface area (TPSA) is 87.7 Å². The summed E-state index contributed by atoms with van der Waals surface area (Å²) < 4.78 is 4.88. The Bertz CT molecular complexity index is 449. The van der Waals surface area contributed by atoms with Crippen LogP contribution in [0, 0.1) is 0 Å². The molecule has 0 saturated carbocycles. The molecule has 1 rings (SSSR count). The Morgan fingerprint density at radius 3 is 2.85 bits per heavy atom. The van der Waals surface area contributed by atoms with Crippen LogP contribution >= 0.6 is 0 Å². The van der Waals surface area contributed by atoms with E-state index in [0.29, 0.717) is 25.3 Å². The standard InChI is InChI=1S/C14H20N2O4/c1-20-9-3-8-15-14(19)16-12-5-2-4-11(10-12)6-7-13(17)18/h2,4-5,10H,3,6-9H2,1H3,(H,17,18)(H2,15,16,19). The van der Waals surface area contributed by atoms with E-state index in [0.717, 1.165) is 12.0 Å². The molecular formula is C14H20N2O4. The molecule has 2 amide bonds. The number of nitrogens with one attached hydrogen (secondary N) is 2. The second kappa shape index (κ2) is 8.92. The SMILES string of the molecule is COCCCNC(=O)Nc1cccc(CCC(=O)O)c1. The summed E-state index contributed by atoms with van der Waals surface area (Å²) in [6, 6.07) is 6.88. The van der Waals surface area contributed by atoms with E-state index in [-0.39, 0.29) is 12.5 Å². The van der Waals surface area contributed by atoms with Gasteiger partial charge in [-0.2, -0.15) is 0 Å². The number of carboxylic acid groups (broad SMARTS) is 1. The van der Waals surface area contributed by atoms with Gasteiger partial charge < -0.3 is 20.5 Å². The molecule has 0 aliphatic rings. The van der Waals surface area contributed by atoms with Crippen molar-refractivity contribution in [1.29, 1.82) is 0 Å². The van der Waals surface area contributed by atoms with Crippen molar-refractivity contribution >= 4 is 17.7 Å². The van der Waals surface area contributed by atoms with Gasteiger partial charge in [-0.05, 0) is 30.5 Å². The van der Waals surface area contributed by atoms with Crippen molar-refractivity contribution in [3.63, 3.8) is 0 Å². The van der Waals surface area contributed by atoms with E-state index < -0.39 is 5.97 Å². The number of carbonyl (C=O) groups excluding carboxylic acids is 1. The Hall–Kier alpha value is -2.08. The molecule has 3 N–H and O–H groups in total. The summed E-state index contributed by atoms with van der Waals surface area (Å²) in [5, 5.41) is 14.1. The maximum atomic E-state index is 11.6. The molecule has 0 bridgehead atoms. The van der Waals surface area contributed by atoms with Crippen LogP contribution in [0.2, 0.25) is 0 Å². The number of aryl methyl sites for hydroxylation is 1. The smallest absolute Gasteiger partial charge is 0.319 e. The van der Waals surface area contributed by atoms with E-state index in [2.05, 4.69) is 10.6 Å². The van der Waals surface area contributed by atoms with Crippen molar-refractivity contribution in [2.75, 3.05) is 25.6 Å². The van der Waals surface area contributed by atoms with Gasteiger partial charge in [-0.1, -0.05) is 12.1 Å². The quantitative estimate of drug-likeness (QED) is 0.634.